The summed E-state index contributed by atoms with van der Waals surface area (Å²) < 4.78 is 22.2. The first-order valence-corrected chi connectivity index (χ1v) is 32.2. The lowest BCUT2D eigenvalue weighted by molar-refractivity contribution is 0.590. The van der Waals surface area contributed by atoms with Gasteiger partial charge in [0.05, 0.1) is 11.4 Å². The molecule has 0 saturated carbocycles. The van der Waals surface area contributed by atoms with E-state index in [2.05, 4.69) is 328 Å². The summed E-state index contributed by atoms with van der Waals surface area (Å²) in [6, 6.07) is 85.2. The van der Waals surface area contributed by atoms with Gasteiger partial charge in [0, 0.05) is 83.8 Å². The molecule has 446 valence electrons. The summed E-state index contributed by atoms with van der Waals surface area (Å²) >= 11 is 0. The Kier molecular flexibility index (Phi) is 12.5. The lowest BCUT2D eigenvalue weighted by Gasteiger charge is -2.44. The van der Waals surface area contributed by atoms with Gasteiger partial charge in [-0.3, -0.25) is 0 Å². The summed E-state index contributed by atoms with van der Waals surface area (Å²) in [5.41, 5.74) is 25.9. The Labute approximate surface area is 534 Å². The molecule has 2 aliphatic rings. The van der Waals surface area contributed by atoms with Gasteiger partial charge >= 0.3 is 6.85 Å². The summed E-state index contributed by atoms with van der Waals surface area (Å²) in [7, 11) is 0. The van der Waals surface area contributed by atoms with E-state index in [1.807, 2.05) is 0 Å². The lowest BCUT2D eigenvalue weighted by Crippen LogP contribution is -2.61. The molecule has 16 rings (SSSR count). The highest BCUT2D eigenvalue weighted by Crippen LogP contribution is 2.55. The Morgan fingerprint density at radius 2 is 0.879 bits per heavy atom. The zero-order valence-corrected chi connectivity index (χ0v) is 54.1. The van der Waals surface area contributed by atoms with Crippen LogP contribution in [-0.2, 0) is 21.7 Å². The van der Waals surface area contributed by atoms with Crippen LogP contribution in [0.25, 0.3) is 88.2 Å². The largest absolute Gasteiger partial charge is 0.466 e. The highest BCUT2D eigenvalue weighted by atomic mass is 16.3. The van der Waals surface area contributed by atoms with Crippen LogP contribution in [0.1, 0.15) is 105 Å². The summed E-state index contributed by atoms with van der Waals surface area (Å²) in [6.07, 6.45) is 0. The van der Waals surface area contributed by atoms with Crippen LogP contribution in [0, 0.1) is 0 Å². The average Bonchev–Trinajstić information content (AvgIpc) is 1.66. The number of para-hydroxylation sites is 1. The number of furan rings is 3. The minimum Gasteiger partial charge on any atom is -0.466 e. The first-order chi connectivity index (χ1) is 43.6. The molecule has 0 saturated heterocycles. The fraction of sp³-hybridized carbons (Fsp3) is 0.190. The molecule has 7 heteroatoms. The predicted octanol–water partition coefficient (Wildman–Crippen LogP) is 22.9. The van der Waals surface area contributed by atoms with Crippen molar-refractivity contribution in [2.45, 2.75) is 105 Å². The normalized spacial score (nSPS) is 13.4. The van der Waals surface area contributed by atoms with Gasteiger partial charge in [0.2, 0.25) is 0 Å². The molecule has 3 aromatic heterocycles. The zero-order chi connectivity index (χ0) is 62.6. The van der Waals surface area contributed by atoms with Crippen LogP contribution in [0.5, 0.6) is 0 Å². The second-order valence-corrected chi connectivity index (χ2v) is 29.4. The van der Waals surface area contributed by atoms with Crippen molar-refractivity contribution in [2.24, 2.45) is 0 Å². The number of rotatable bonds is 7. The van der Waals surface area contributed by atoms with Crippen molar-refractivity contribution in [3.8, 4) is 33.4 Å². The van der Waals surface area contributed by atoms with Gasteiger partial charge in [0.25, 0.3) is 0 Å². The molecule has 2 aliphatic heterocycles. The van der Waals surface area contributed by atoms with E-state index in [4.69, 9.17) is 13.3 Å². The van der Waals surface area contributed by atoms with Crippen LogP contribution in [-0.4, -0.2) is 6.85 Å². The molecule has 11 aromatic carbocycles. The molecule has 91 heavy (non-hydrogen) atoms. The van der Waals surface area contributed by atoms with Gasteiger partial charge in [0.1, 0.15) is 33.6 Å². The van der Waals surface area contributed by atoms with Crippen molar-refractivity contribution in [2.75, 3.05) is 14.6 Å². The Balaban J connectivity index is 1.01. The van der Waals surface area contributed by atoms with Crippen molar-refractivity contribution in [1.29, 1.82) is 0 Å². The first-order valence-electron chi connectivity index (χ1n) is 32.2. The fourth-order valence-electron chi connectivity index (χ4n) is 14.3. The quantitative estimate of drug-likeness (QED) is 0.148. The fourth-order valence-corrected chi connectivity index (χ4v) is 14.3. The number of nitrogens with zero attached hydrogens (tertiary/aromatic N) is 3. The van der Waals surface area contributed by atoms with E-state index in [1.54, 1.807) is 0 Å². The number of fused-ring (bicyclic) bond motifs is 13. The molecule has 6 nitrogen and oxygen atoms in total. The van der Waals surface area contributed by atoms with Gasteiger partial charge in [0.15, 0.2) is 0 Å². The van der Waals surface area contributed by atoms with Crippen LogP contribution < -0.4 is 25.7 Å². The van der Waals surface area contributed by atoms with Gasteiger partial charge in [-0.2, -0.15) is 0 Å². The summed E-state index contributed by atoms with van der Waals surface area (Å²) in [5, 5.41) is 5.16. The Morgan fingerprint density at radius 1 is 0.341 bits per heavy atom. The SMILES string of the molecule is CC(C)(C)c1ccc(N2B3c4oc5ccc(-c6ccccc6)cc5c4N(c4ccc(C(C)(C)C)cc4-c4ccccc4)c4cc5c(oc6ccccc65)c(c43)-c3cc4c(cc32)oc2ccc(N(c3ccc(C(C)(C)C)cc3)c3ccc(C(C)(C)C)cc3)cc24)cc1. The standard InChI is InChI=1S/C84H74BN3O3/c1-81(2,3)54-28-35-58(36-29-54)86(59-37-30-55(31-38-59)82(4,5)6)61-41-44-73-64(47-61)65-48-67-70(50-75(65)89-73)88(60-39-32-56(33-40-60)83(7,8)9)85-77-71(49-66-62-25-19-20-26-72(62)90-79(66)76(67)77)87(69-42-34-57(84(10,11)12)46-63(69)52-23-17-14-18-24-52)78-68-45-53(51-21-15-13-16-22-51)27-43-74(68)91-80(78)85/h13-50H,1-12H3. The van der Waals surface area contributed by atoms with Gasteiger partial charge in [-0.15, -0.1) is 0 Å². The molecule has 0 bridgehead atoms. The topological polar surface area (TPSA) is 49.1 Å². The van der Waals surface area contributed by atoms with E-state index in [0.717, 1.165) is 145 Å². The van der Waals surface area contributed by atoms with Crippen LogP contribution in [0.3, 0.4) is 0 Å². The number of benzene rings is 11. The Bertz CT molecular complexity index is 5140. The van der Waals surface area contributed by atoms with E-state index < -0.39 is 6.85 Å². The maximum absolute atomic E-state index is 7.67. The molecule has 14 aromatic rings. The van der Waals surface area contributed by atoms with E-state index in [0.29, 0.717) is 0 Å². The summed E-state index contributed by atoms with van der Waals surface area (Å²) in [4.78, 5) is 7.46. The maximum atomic E-state index is 7.67. The molecule has 0 unspecified atom stereocenters. The molecule has 0 atom stereocenters. The molecule has 0 fully saturated rings. The van der Waals surface area contributed by atoms with Crippen LogP contribution in [0.4, 0.5) is 45.5 Å². The number of anilines is 8. The van der Waals surface area contributed by atoms with Crippen LogP contribution >= 0.6 is 0 Å². The average molecular weight is 1180 g/mol. The van der Waals surface area contributed by atoms with Gasteiger partial charge in [-0.05, 0) is 163 Å². The Morgan fingerprint density at radius 3 is 1.52 bits per heavy atom. The highest BCUT2D eigenvalue weighted by Gasteiger charge is 2.50. The van der Waals surface area contributed by atoms with Crippen molar-refractivity contribution >= 4 is 118 Å². The Hall–Kier alpha value is -9.98. The van der Waals surface area contributed by atoms with Crippen molar-refractivity contribution in [1.82, 2.24) is 0 Å². The number of hydrogen-bond acceptors (Lipinski definition) is 6. The lowest BCUT2D eigenvalue weighted by atomic mass is 9.45. The van der Waals surface area contributed by atoms with Gasteiger partial charge < -0.3 is 27.9 Å². The molecular formula is C84H74BN3O3. The minimum absolute atomic E-state index is 0.00490. The molecular weight excluding hydrogens is 1110 g/mol. The second kappa shape index (κ2) is 20.3. The first kappa shape index (κ1) is 56.3. The third-order valence-corrected chi connectivity index (χ3v) is 19.3. The monoisotopic (exact) mass is 1180 g/mol. The minimum atomic E-state index is -0.472. The summed E-state index contributed by atoms with van der Waals surface area (Å²) in [5.74, 6) is 0. The van der Waals surface area contributed by atoms with E-state index in [1.165, 1.54) is 22.3 Å². The molecule has 0 aliphatic carbocycles. The second-order valence-electron chi connectivity index (χ2n) is 29.4. The molecule has 0 N–H and O–H groups in total. The molecule has 0 spiro atoms. The third kappa shape index (κ3) is 9.21. The smallest absolute Gasteiger partial charge is 0.376 e. The van der Waals surface area contributed by atoms with E-state index in [-0.39, 0.29) is 21.7 Å². The third-order valence-electron chi connectivity index (χ3n) is 19.3. The predicted molar refractivity (Wildman–Crippen MR) is 385 cm³/mol. The summed E-state index contributed by atoms with van der Waals surface area (Å²) in [6.45, 7) is 26.9. The highest BCUT2D eigenvalue weighted by molar-refractivity contribution is 6.93. The van der Waals surface area contributed by atoms with E-state index in [9.17, 15) is 0 Å². The van der Waals surface area contributed by atoms with Gasteiger partial charge in [-0.1, -0.05) is 210 Å². The van der Waals surface area contributed by atoms with Crippen LogP contribution in [0.2, 0.25) is 0 Å². The van der Waals surface area contributed by atoms with Crippen molar-refractivity contribution < 1.29 is 13.3 Å². The van der Waals surface area contributed by atoms with Crippen molar-refractivity contribution in [3.63, 3.8) is 0 Å². The van der Waals surface area contributed by atoms with E-state index >= 15 is 0 Å². The van der Waals surface area contributed by atoms with Crippen molar-refractivity contribution in [3.05, 3.63) is 253 Å². The zero-order valence-electron chi connectivity index (χ0n) is 54.1. The maximum Gasteiger partial charge on any atom is 0.376 e. The molecule has 5 heterocycles. The number of hydrogen-bond donors (Lipinski definition) is 0. The van der Waals surface area contributed by atoms with Gasteiger partial charge in [-0.25, -0.2) is 0 Å². The van der Waals surface area contributed by atoms with Crippen LogP contribution in [0.15, 0.2) is 244 Å². The molecule has 0 radical (unpaired) electrons. The molecule has 0 amide bonds.